The number of aromatic nitrogens is 1. The lowest BCUT2D eigenvalue weighted by Gasteiger charge is -2.28. The van der Waals surface area contributed by atoms with E-state index in [2.05, 4.69) is 11.6 Å². The van der Waals surface area contributed by atoms with Gasteiger partial charge in [-0.05, 0) is 24.1 Å². The number of ether oxygens (including phenoxy) is 1. The zero-order valence-corrected chi connectivity index (χ0v) is 13.2. The Balaban J connectivity index is 2.11. The summed E-state index contributed by atoms with van der Waals surface area (Å²) in [6.45, 7) is 5.74. The Labute approximate surface area is 138 Å². The Morgan fingerprint density at radius 1 is 1.50 bits per heavy atom. The second-order valence-electron chi connectivity index (χ2n) is 5.83. The molecule has 0 radical (unpaired) electrons. The van der Waals surface area contributed by atoms with Crippen molar-refractivity contribution in [1.29, 1.82) is 0 Å². The third-order valence-electron chi connectivity index (χ3n) is 4.28. The molecule has 8 nitrogen and oxygen atoms in total. The number of hydrogen-bond donors (Lipinski definition) is 3. The lowest BCUT2D eigenvalue weighted by atomic mass is 10.0. The summed E-state index contributed by atoms with van der Waals surface area (Å²) in [4.78, 5) is 16.4. The van der Waals surface area contributed by atoms with Gasteiger partial charge in [0.05, 0.1) is 35.1 Å². The van der Waals surface area contributed by atoms with Gasteiger partial charge in [0.25, 0.3) is 0 Å². The molecule has 0 amide bonds. The summed E-state index contributed by atoms with van der Waals surface area (Å²) in [6.07, 6.45) is 1.96. The summed E-state index contributed by atoms with van der Waals surface area (Å²) < 4.78 is 5.33. The summed E-state index contributed by atoms with van der Waals surface area (Å²) in [5, 5.41) is 21.8. The number of nitro benzene ring substituents is 1. The molecule has 1 aromatic heterocycles. The van der Waals surface area contributed by atoms with Crippen molar-refractivity contribution in [2.24, 2.45) is 5.73 Å². The molecule has 2 heterocycles. The maximum absolute atomic E-state index is 11.8. The zero-order chi connectivity index (χ0) is 17.3. The molecule has 1 aliphatic rings. The van der Waals surface area contributed by atoms with Crippen LogP contribution in [0.2, 0.25) is 0 Å². The number of nitrogens with two attached hydrogens (primary N) is 1. The SMILES string of the molecule is C=C(O)C(N)Cc1c[nH]c2ccc(N3CCOCC3)c([N+](=O)[O-])c12. The van der Waals surface area contributed by atoms with Crippen molar-refractivity contribution in [3.05, 3.63) is 46.3 Å². The molecule has 1 saturated heterocycles. The molecule has 0 bridgehead atoms. The van der Waals surface area contributed by atoms with Crippen molar-refractivity contribution in [2.75, 3.05) is 31.2 Å². The Morgan fingerprint density at radius 3 is 2.83 bits per heavy atom. The maximum Gasteiger partial charge on any atom is 0.302 e. The van der Waals surface area contributed by atoms with Crippen LogP contribution in [0.25, 0.3) is 10.9 Å². The Morgan fingerprint density at radius 2 is 2.21 bits per heavy atom. The first-order valence-electron chi connectivity index (χ1n) is 7.72. The second kappa shape index (κ2) is 6.50. The molecule has 3 rings (SSSR count). The van der Waals surface area contributed by atoms with Crippen LogP contribution >= 0.6 is 0 Å². The minimum absolute atomic E-state index is 0.0569. The number of aliphatic hydroxyl groups excluding tert-OH is 1. The van der Waals surface area contributed by atoms with E-state index in [1.165, 1.54) is 0 Å². The minimum atomic E-state index is -0.671. The number of rotatable bonds is 5. The van der Waals surface area contributed by atoms with Gasteiger partial charge < -0.3 is 25.5 Å². The molecule has 128 valence electrons. The minimum Gasteiger partial charge on any atom is -0.511 e. The Kier molecular flexibility index (Phi) is 4.41. The highest BCUT2D eigenvalue weighted by Gasteiger charge is 2.27. The van der Waals surface area contributed by atoms with Crippen molar-refractivity contribution in [3.8, 4) is 0 Å². The second-order valence-corrected chi connectivity index (χ2v) is 5.83. The fourth-order valence-corrected chi connectivity index (χ4v) is 3.02. The first kappa shape index (κ1) is 16.3. The van der Waals surface area contributed by atoms with Crippen LogP contribution in [0, 0.1) is 10.1 Å². The average molecular weight is 332 g/mol. The quantitative estimate of drug-likeness (QED) is 0.437. The lowest BCUT2D eigenvalue weighted by molar-refractivity contribution is -0.382. The predicted octanol–water partition coefficient (Wildman–Crippen LogP) is 1.85. The van der Waals surface area contributed by atoms with Crippen LogP contribution < -0.4 is 10.6 Å². The molecule has 24 heavy (non-hydrogen) atoms. The van der Waals surface area contributed by atoms with Crippen molar-refractivity contribution >= 4 is 22.3 Å². The smallest absolute Gasteiger partial charge is 0.302 e. The van der Waals surface area contributed by atoms with Crippen LogP contribution in [-0.2, 0) is 11.2 Å². The molecule has 4 N–H and O–H groups in total. The van der Waals surface area contributed by atoms with Gasteiger partial charge in [0.2, 0.25) is 0 Å². The number of aliphatic hydroxyl groups is 1. The van der Waals surface area contributed by atoms with Crippen molar-refractivity contribution in [3.63, 3.8) is 0 Å². The van der Waals surface area contributed by atoms with E-state index in [9.17, 15) is 15.2 Å². The van der Waals surface area contributed by atoms with Crippen LogP contribution in [0.15, 0.2) is 30.7 Å². The monoisotopic (exact) mass is 332 g/mol. The van der Waals surface area contributed by atoms with E-state index in [0.717, 1.165) is 0 Å². The number of nitrogens with one attached hydrogen (secondary N) is 1. The molecule has 1 aromatic carbocycles. The highest BCUT2D eigenvalue weighted by Crippen LogP contribution is 2.38. The number of hydrogen-bond acceptors (Lipinski definition) is 6. The lowest BCUT2D eigenvalue weighted by Crippen LogP contribution is -2.36. The first-order chi connectivity index (χ1) is 11.5. The summed E-state index contributed by atoms with van der Waals surface area (Å²) in [5.74, 6) is -0.142. The first-order valence-corrected chi connectivity index (χ1v) is 7.72. The van der Waals surface area contributed by atoms with E-state index in [1.54, 1.807) is 12.3 Å². The van der Waals surface area contributed by atoms with Gasteiger partial charge in [0.15, 0.2) is 0 Å². The number of nitro groups is 1. The van der Waals surface area contributed by atoms with Crippen LogP contribution in [0.5, 0.6) is 0 Å². The van der Waals surface area contributed by atoms with Gasteiger partial charge in [-0.25, -0.2) is 0 Å². The van der Waals surface area contributed by atoms with E-state index >= 15 is 0 Å². The number of anilines is 1. The topological polar surface area (TPSA) is 118 Å². The summed E-state index contributed by atoms with van der Waals surface area (Å²) in [7, 11) is 0. The number of H-pyrrole nitrogens is 1. The number of fused-ring (bicyclic) bond motifs is 1. The van der Waals surface area contributed by atoms with Crippen molar-refractivity contribution < 1.29 is 14.8 Å². The van der Waals surface area contributed by atoms with Crippen molar-refractivity contribution in [1.82, 2.24) is 4.98 Å². The maximum atomic E-state index is 11.8. The molecule has 1 fully saturated rings. The molecule has 0 saturated carbocycles. The van der Waals surface area contributed by atoms with Gasteiger partial charge in [0, 0.05) is 19.3 Å². The van der Waals surface area contributed by atoms with E-state index in [0.29, 0.717) is 48.5 Å². The van der Waals surface area contributed by atoms with Gasteiger partial charge in [-0.2, -0.15) is 0 Å². The molecule has 0 aliphatic carbocycles. The molecule has 1 unspecified atom stereocenters. The highest BCUT2D eigenvalue weighted by atomic mass is 16.6. The third kappa shape index (κ3) is 2.93. The summed E-state index contributed by atoms with van der Waals surface area (Å²) >= 11 is 0. The van der Waals surface area contributed by atoms with Crippen LogP contribution in [0.3, 0.4) is 0 Å². The Hall–Kier alpha value is -2.58. The van der Waals surface area contributed by atoms with Gasteiger partial charge in [-0.3, -0.25) is 10.1 Å². The molecule has 8 heteroatoms. The average Bonchev–Trinajstić information content (AvgIpc) is 2.97. The van der Waals surface area contributed by atoms with Gasteiger partial charge >= 0.3 is 5.69 Å². The molecule has 1 aliphatic heterocycles. The molecule has 0 spiro atoms. The van der Waals surface area contributed by atoms with E-state index in [4.69, 9.17) is 10.5 Å². The van der Waals surface area contributed by atoms with Gasteiger partial charge in [-0.1, -0.05) is 6.58 Å². The fraction of sp³-hybridized carbons (Fsp3) is 0.375. The summed E-state index contributed by atoms with van der Waals surface area (Å²) in [6, 6.07) is 2.92. The molecule has 2 aromatic rings. The number of morpholine rings is 1. The molecular weight excluding hydrogens is 312 g/mol. The van der Waals surface area contributed by atoms with Gasteiger partial charge in [0.1, 0.15) is 11.4 Å². The third-order valence-corrected chi connectivity index (χ3v) is 4.28. The van der Waals surface area contributed by atoms with Crippen molar-refractivity contribution in [2.45, 2.75) is 12.5 Å². The number of benzene rings is 1. The van der Waals surface area contributed by atoms with E-state index < -0.39 is 6.04 Å². The number of nitrogens with zero attached hydrogens (tertiary/aromatic N) is 2. The van der Waals surface area contributed by atoms with Crippen LogP contribution in [-0.4, -0.2) is 47.4 Å². The normalized spacial score (nSPS) is 16.3. The molecular formula is C16H20N4O4. The number of aromatic amines is 1. The Bertz CT molecular complexity index is 780. The predicted molar refractivity (Wildman–Crippen MR) is 91.4 cm³/mol. The van der Waals surface area contributed by atoms with Gasteiger partial charge in [-0.15, -0.1) is 0 Å². The van der Waals surface area contributed by atoms with E-state index in [-0.39, 0.29) is 22.8 Å². The largest absolute Gasteiger partial charge is 0.511 e. The van der Waals surface area contributed by atoms with E-state index in [1.807, 2.05) is 11.0 Å². The van der Waals surface area contributed by atoms with Crippen LogP contribution in [0.4, 0.5) is 11.4 Å². The molecule has 1 atom stereocenters. The highest BCUT2D eigenvalue weighted by molar-refractivity contribution is 5.97. The standard InChI is InChI=1S/C16H20N4O4/c1-10(21)12(17)8-11-9-18-13-2-3-14(16(15(11)13)20(22)23)19-4-6-24-7-5-19/h2-3,9,12,18,21H,1,4-8,17H2. The fourth-order valence-electron chi connectivity index (χ4n) is 3.02. The van der Waals surface area contributed by atoms with Crippen LogP contribution in [0.1, 0.15) is 5.56 Å². The zero-order valence-electron chi connectivity index (χ0n) is 13.2. The summed E-state index contributed by atoms with van der Waals surface area (Å²) in [5.41, 5.74) is 7.84.